The van der Waals surface area contributed by atoms with Crippen molar-refractivity contribution in [2.75, 3.05) is 19.3 Å². The number of likely N-dealkylation sites (tertiary alicyclic amines) is 1. The summed E-state index contributed by atoms with van der Waals surface area (Å²) in [7, 11) is 0. The highest BCUT2D eigenvalue weighted by Crippen LogP contribution is 2.26. The number of piperidine rings is 1. The van der Waals surface area contributed by atoms with Crippen LogP contribution in [0.2, 0.25) is 0 Å². The number of aliphatic hydroxyl groups is 1. The third-order valence-corrected chi connectivity index (χ3v) is 5.89. The van der Waals surface area contributed by atoms with Gasteiger partial charge in [-0.3, -0.25) is 4.90 Å². The molecule has 0 amide bonds. The second-order valence-electron chi connectivity index (χ2n) is 6.68. The van der Waals surface area contributed by atoms with Crippen LogP contribution in [0.25, 0.3) is 0 Å². The number of nitrogens with zero attached hydrogens (tertiary/aromatic N) is 1. The van der Waals surface area contributed by atoms with Crippen molar-refractivity contribution in [1.82, 2.24) is 4.90 Å². The lowest BCUT2D eigenvalue weighted by Crippen LogP contribution is -2.38. The summed E-state index contributed by atoms with van der Waals surface area (Å²) in [6, 6.07) is 19.0. The molecule has 0 unspecified atom stereocenters. The fourth-order valence-electron chi connectivity index (χ4n) is 3.59. The van der Waals surface area contributed by atoms with Crippen molar-refractivity contribution in [3.05, 3.63) is 65.7 Å². The van der Waals surface area contributed by atoms with Crippen LogP contribution in [0.15, 0.2) is 59.5 Å². The molecule has 1 aliphatic heterocycles. The Morgan fingerprint density at radius 3 is 2.42 bits per heavy atom. The summed E-state index contributed by atoms with van der Waals surface area (Å²) >= 11 is 1.82. The molecular formula is C21H27NOS. The van der Waals surface area contributed by atoms with Crippen molar-refractivity contribution in [3.63, 3.8) is 0 Å². The summed E-state index contributed by atoms with van der Waals surface area (Å²) in [6.07, 6.45) is 4.89. The van der Waals surface area contributed by atoms with E-state index in [1.807, 2.05) is 30.0 Å². The number of rotatable bonds is 6. The van der Waals surface area contributed by atoms with E-state index in [-0.39, 0.29) is 6.10 Å². The number of hydrogen-bond acceptors (Lipinski definition) is 3. The van der Waals surface area contributed by atoms with E-state index in [0.717, 1.165) is 38.9 Å². The van der Waals surface area contributed by atoms with Gasteiger partial charge in [0, 0.05) is 11.4 Å². The van der Waals surface area contributed by atoms with Gasteiger partial charge in [-0.05, 0) is 61.7 Å². The maximum atomic E-state index is 10.6. The molecule has 128 valence electrons. The third kappa shape index (κ3) is 4.62. The maximum Gasteiger partial charge on any atom is 0.0609 e. The largest absolute Gasteiger partial charge is 0.392 e. The molecule has 3 heteroatoms. The van der Waals surface area contributed by atoms with Crippen LogP contribution in [0, 0.1) is 5.92 Å². The predicted octanol–water partition coefficient (Wildman–Crippen LogP) is 4.22. The van der Waals surface area contributed by atoms with Crippen molar-refractivity contribution in [2.24, 2.45) is 5.92 Å². The number of benzene rings is 2. The molecule has 1 aliphatic rings. The van der Waals surface area contributed by atoms with Gasteiger partial charge in [0.05, 0.1) is 6.10 Å². The van der Waals surface area contributed by atoms with E-state index in [2.05, 4.69) is 47.6 Å². The Balaban J connectivity index is 1.50. The van der Waals surface area contributed by atoms with Crippen molar-refractivity contribution < 1.29 is 5.11 Å². The smallest absolute Gasteiger partial charge is 0.0609 e. The minimum absolute atomic E-state index is 0.215. The monoisotopic (exact) mass is 341 g/mol. The zero-order valence-electron chi connectivity index (χ0n) is 14.4. The molecule has 0 aliphatic carbocycles. The molecule has 2 aromatic carbocycles. The topological polar surface area (TPSA) is 23.5 Å². The first-order valence-electron chi connectivity index (χ1n) is 8.82. The van der Waals surface area contributed by atoms with E-state index in [0.29, 0.717) is 5.92 Å². The highest BCUT2D eigenvalue weighted by atomic mass is 32.2. The Morgan fingerprint density at radius 1 is 1.04 bits per heavy atom. The van der Waals surface area contributed by atoms with Gasteiger partial charge in [-0.15, -0.1) is 11.8 Å². The second-order valence-corrected chi connectivity index (χ2v) is 7.53. The predicted molar refractivity (Wildman–Crippen MR) is 102 cm³/mol. The van der Waals surface area contributed by atoms with E-state index < -0.39 is 0 Å². The Morgan fingerprint density at radius 2 is 1.71 bits per heavy atom. The summed E-state index contributed by atoms with van der Waals surface area (Å²) in [5.74, 6) is 0.428. The fourth-order valence-corrected chi connectivity index (χ4v) is 4.20. The second kappa shape index (κ2) is 8.70. The van der Waals surface area contributed by atoms with Crippen molar-refractivity contribution >= 4 is 11.8 Å². The van der Waals surface area contributed by atoms with Crippen LogP contribution >= 0.6 is 11.8 Å². The van der Waals surface area contributed by atoms with Gasteiger partial charge in [-0.2, -0.15) is 0 Å². The summed E-state index contributed by atoms with van der Waals surface area (Å²) in [6.45, 7) is 3.19. The van der Waals surface area contributed by atoms with Gasteiger partial charge in [0.25, 0.3) is 0 Å². The van der Waals surface area contributed by atoms with Crippen LogP contribution in [0.3, 0.4) is 0 Å². The standard InChI is InChI=1S/C21H27NOS/c1-24-21-10-6-5-9-19(21)16-22-13-11-18(12-14-22)20(23)15-17-7-3-2-4-8-17/h2-10,18,20,23H,11-16H2,1H3/t20-/m0/s1. The Kier molecular flexibility index (Phi) is 6.36. The molecule has 1 atom stereocenters. The minimum Gasteiger partial charge on any atom is -0.392 e. The van der Waals surface area contributed by atoms with Crippen molar-refractivity contribution in [1.29, 1.82) is 0 Å². The molecule has 1 saturated heterocycles. The molecule has 0 aromatic heterocycles. The molecule has 0 saturated carbocycles. The third-order valence-electron chi connectivity index (χ3n) is 5.05. The van der Waals surface area contributed by atoms with Gasteiger partial charge in [0.1, 0.15) is 0 Å². The molecule has 1 heterocycles. The highest BCUT2D eigenvalue weighted by molar-refractivity contribution is 7.98. The fraction of sp³-hybridized carbons (Fsp3) is 0.429. The molecule has 2 aromatic rings. The van der Waals surface area contributed by atoms with Crippen LogP contribution < -0.4 is 0 Å². The maximum absolute atomic E-state index is 10.6. The minimum atomic E-state index is -0.215. The van der Waals surface area contributed by atoms with Gasteiger partial charge in [0.2, 0.25) is 0 Å². The summed E-state index contributed by atoms with van der Waals surface area (Å²) < 4.78 is 0. The average Bonchev–Trinajstić information content (AvgIpc) is 2.63. The normalized spacial score (nSPS) is 17.8. The molecule has 3 rings (SSSR count). The van der Waals surface area contributed by atoms with Crippen molar-refractivity contribution in [2.45, 2.75) is 36.8 Å². The first-order chi connectivity index (χ1) is 11.8. The molecule has 24 heavy (non-hydrogen) atoms. The van der Waals surface area contributed by atoms with Gasteiger partial charge >= 0.3 is 0 Å². The van der Waals surface area contributed by atoms with Gasteiger partial charge in [-0.1, -0.05) is 48.5 Å². The number of thioether (sulfide) groups is 1. The van der Waals surface area contributed by atoms with E-state index in [9.17, 15) is 5.11 Å². The van der Waals surface area contributed by atoms with Crippen molar-refractivity contribution in [3.8, 4) is 0 Å². The first-order valence-corrected chi connectivity index (χ1v) is 10.0. The highest BCUT2D eigenvalue weighted by Gasteiger charge is 2.25. The molecule has 0 radical (unpaired) electrons. The Bertz CT molecular complexity index is 623. The van der Waals surface area contributed by atoms with Crippen LogP contribution in [0.1, 0.15) is 24.0 Å². The lowest BCUT2D eigenvalue weighted by molar-refractivity contribution is 0.0574. The Labute approximate surface area is 149 Å². The molecule has 1 N–H and O–H groups in total. The van der Waals surface area contributed by atoms with Gasteiger partial charge in [0.15, 0.2) is 0 Å². The quantitative estimate of drug-likeness (QED) is 0.796. The average molecular weight is 342 g/mol. The van der Waals surface area contributed by atoms with Crippen LogP contribution in [0.4, 0.5) is 0 Å². The summed E-state index contributed by atoms with van der Waals surface area (Å²) in [5, 5.41) is 10.6. The molecule has 0 spiro atoms. The molecular weight excluding hydrogens is 314 g/mol. The molecule has 1 fully saturated rings. The van der Waals surface area contributed by atoms with Gasteiger partial charge in [-0.25, -0.2) is 0 Å². The SMILES string of the molecule is CSc1ccccc1CN1CCC([C@@H](O)Cc2ccccc2)CC1. The number of hydrogen-bond donors (Lipinski definition) is 1. The molecule has 0 bridgehead atoms. The first kappa shape index (κ1) is 17.5. The Hall–Kier alpha value is -1.29. The van der Waals surface area contributed by atoms with E-state index in [1.54, 1.807) is 0 Å². The summed E-state index contributed by atoms with van der Waals surface area (Å²) in [4.78, 5) is 3.91. The van der Waals surface area contributed by atoms with Crippen LogP contribution in [0.5, 0.6) is 0 Å². The zero-order chi connectivity index (χ0) is 16.8. The zero-order valence-corrected chi connectivity index (χ0v) is 15.2. The van der Waals surface area contributed by atoms with Gasteiger partial charge < -0.3 is 5.11 Å². The number of aliphatic hydroxyl groups excluding tert-OH is 1. The van der Waals surface area contributed by atoms with E-state index in [1.165, 1.54) is 16.0 Å². The lowest BCUT2D eigenvalue weighted by atomic mass is 9.88. The van der Waals surface area contributed by atoms with Crippen LogP contribution in [-0.2, 0) is 13.0 Å². The van der Waals surface area contributed by atoms with Crippen LogP contribution in [-0.4, -0.2) is 35.5 Å². The summed E-state index contributed by atoms with van der Waals surface area (Å²) in [5.41, 5.74) is 2.66. The van der Waals surface area contributed by atoms with E-state index in [4.69, 9.17) is 0 Å². The van der Waals surface area contributed by atoms with E-state index >= 15 is 0 Å². The molecule has 2 nitrogen and oxygen atoms in total. The lowest BCUT2D eigenvalue weighted by Gasteiger charge is -2.34.